The van der Waals surface area contributed by atoms with Gasteiger partial charge in [0.25, 0.3) is 5.91 Å². The summed E-state index contributed by atoms with van der Waals surface area (Å²) in [5.74, 6) is -1.00. The van der Waals surface area contributed by atoms with Gasteiger partial charge in [-0.05, 0) is 46.8 Å². The molecule has 0 spiro atoms. The first kappa shape index (κ1) is 19.6. The molecule has 1 amide bonds. The second-order valence-electron chi connectivity index (χ2n) is 5.83. The molecule has 1 unspecified atom stereocenters. The number of ether oxygens (including phenoxy) is 1. The molecule has 5 nitrogen and oxygen atoms in total. The third-order valence-electron chi connectivity index (χ3n) is 3.31. The van der Waals surface area contributed by atoms with Crippen molar-refractivity contribution in [1.82, 2.24) is 4.90 Å². The van der Waals surface area contributed by atoms with Crippen molar-refractivity contribution in [3.63, 3.8) is 0 Å². The van der Waals surface area contributed by atoms with Crippen molar-refractivity contribution >= 4 is 40.8 Å². The number of carbonyl (C=O) groups is 2. The Morgan fingerprint density at radius 1 is 1.09 bits per heavy atom. The molecule has 0 bridgehead atoms. The zero-order valence-corrected chi connectivity index (χ0v) is 15.4. The van der Waals surface area contributed by atoms with Crippen LogP contribution >= 0.6 is 23.2 Å². The molecule has 2 N–H and O–H groups in total. The minimum atomic E-state index is -0.940. The molecule has 0 saturated carbocycles. The molecular weight excluding hydrogens is 339 g/mol. The van der Waals surface area contributed by atoms with Crippen molar-refractivity contribution in [2.45, 2.75) is 52.8 Å². The first-order chi connectivity index (χ1) is 10.6. The number of nitrogens with two attached hydrogens (primary N) is 1. The summed E-state index contributed by atoms with van der Waals surface area (Å²) in [7, 11) is 0. The highest BCUT2D eigenvalue weighted by molar-refractivity contribution is 6.37. The van der Waals surface area contributed by atoms with E-state index in [0.717, 1.165) is 0 Å². The molecule has 0 fully saturated rings. The molecule has 1 aromatic carbocycles. The van der Waals surface area contributed by atoms with Crippen molar-refractivity contribution in [2.24, 2.45) is 0 Å². The van der Waals surface area contributed by atoms with Gasteiger partial charge in [-0.3, -0.25) is 4.79 Å². The average Bonchev–Trinajstić information content (AvgIpc) is 2.41. The molecule has 0 heterocycles. The van der Waals surface area contributed by atoms with E-state index < -0.39 is 12.1 Å². The number of carbonyl (C=O) groups excluding carboxylic acids is 2. The van der Waals surface area contributed by atoms with Gasteiger partial charge in [0, 0.05) is 17.1 Å². The highest BCUT2D eigenvalue weighted by atomic mass is 35.5. The summed E-state index contributed by atoms with van der Waals surface area (Å²) in [4.78, 5) is 26.4. The Kier molecular flexibility index (Phi) is 6.71. The molecular formula is C16H22Cl2N2O3. The second kappa shape index (κ2) is 7.88. The number of halogens is 2. The Hall–Kier alpha value is -1.46. The third-order valence-corrected chi connectivity index (χ3v) is 3.84. The summed E-state index contributed by atoms with van der Waals surface area (Å²) < 4.78 is 5.24. The molecule has 23 heavy (non-hydrogen) atoms. The number of benzene rings is 1. The fourth-order valence-corrected chi connectivity index (χ4v) is 2.84. The lowest BCUT2D eigenvalue weighted by Crippen LogP contribution is -2.47. The van der Waals surface area contributed by atoms with Gasteiger partial charge in [-0.15, -0.1) is 0 Å². The molecule has 0 aromatic heterocycles. The van der Waals surface area contributed by atoms with Crippen LogP contribution in [0.15, 0.2) is 12.1 Å². The molecule has 0 aliphatic carbocycles. The Labute approximate surface area is 146 Å². The van der Waals surface area contributed by atoms with Gasteiger partial charge in [-0.2, -0.15) is 0 Å². The number of nitrogen functional groups attached to an aromatic ring is 1. The van der Waals surface area contributed by atoms with Gasteiger partial charge in [-0.25, -0.2) is 4.79 Å². The fourth-order valence-electron chi connectivity index (χ4n) is 2.34. The topological polar surface area (TPSA) is 72.6 Å². The summed E-state index contributed by atoms with van der Waals surface area (Å²) in [6.45, 7) is 9.14. The lowest BCUT2D eigenvalue weighted by atomic mass is 10.1. The number of amides is 1. The van der Waals surface area contributed by atoms with Crippen LogP contribution in [0.25, 0.3) is 0 Å². The van der Waals surface area contributed by atoms with Crippen LogP contribution in [0, 0.1) is 0 Å². The number of hydrogen-bond donors (Lipinski definition) is 1. The van der Waals surface area contributed by atoms with Gasteiger partial charge in [0.1, 0.15) is 0 Å². The molecule has 1 aromatic rings. The zero-order valence-electron chi connectivity index (χ0n) is 13.9. The van der Waals surface area contributed by atoms with Crippen molar-refractivity contribution in [3.8, 4) is 0 Å². The predicted molar refractivity (Wildman–Crippen MR) is 92.9 cm³/mol. The summed E-state index contributed by atoms with van der Waals surface area (Å²) in [5.41, 5.74) is 5.89. The minimum Gasteiger partial charge on any atom is -0.449 e. The lowest BCUT2D eigenvalue weighted by Gasteiger charge is -2.32. The fraction of sp³-hybridized carbons (Fsp3) is 0.500. The van der Waals surface area contributed by atoms with E-state index in [2.05, 4.69) is 0 Å². The Bertz CT molecular complexity index is 595. The number of nitrogens with zero attached hydrogens (tertiary/aromatic N) is 1. The molecule has 1 rings (SSSR count). The molecule has 1 atom stereocenters. The van der Waals surface area contributed by atoms with E-state index in [1.807, 2.05) is 27.7 Å². The van der Waals surface area contributed by atoms with Gasteiger partial charge < -0.3 is 15.4 Å². The van der Waals surface area contributed by atoms with Gasteiger partial charge in [0.05, 0.1) is 16.3 Å². The van der Waals surface area contributed by atoms with E-state index in [-0.39, 0.29) is 39.3 Å². The summed E-state index contributed by atoms with van der Waals surface area (Å²) in [6.07, 6.45) is -0.940. The standard InChI is InChI=1S/C16H22Cl2N2O3/c1-8(2)20(9(3)4)15(21)10(5)23-16(22)12-6-11(17)7-13(18)14(12)19/h6-10H,19H2,1-5H3. The average molecular weight is 361 g/mol. The van der Waals surface area contributed by atoms with Gasteiger partial charge in [0.2, 0.25) is 0 Å². The highest BCUT2D eigenvalue weighted by Gasteiger charge is 2.28. The Balaban J connectivity index is 2.95. The predicted octanol–water partition coefficient (Wildman–Crippen LogP) is 3.77. The van der Waals surface area contributed by atoms with Gasteiger partial charge in [-0.1, -0.05) is 23.2 Å². The normalized spacial score (nSPS) is 12.4. The molecule has 0 aliphatic rings. The molecule has 7 heteroatoms. The van der Waals surface area contributed by atoms with Crippen LogP contribution in [0.5, 0.6) is 0 Å². The largest absolute Gasteiger partial charge is 0.449 e. The van der Waals surface area contributed by atoms with Crippen molar-refractivity contribution in [3.05, 3.63) is 27.7 Å². The van der Waals surface area contributed by atoms with Gasteiger partial charge >= 0.3 is 5.97 Å². The maximum atomic E-state index is 12.5. The van der Waals surface area contributed by atoms with Crippen molar-refractivity contribution in [1.29, 1.82) is 0 Å². The quantitative estimate of drug-likeness (QED) is 0.640. The first-order valence-corrected chi connectivity index (χ1v) is 8.09. The van der Waals surface area contributed by atoms with Crippen LogP contribution in [-0.4, -0.2) is 35.0 Å². The maximum Gasteiger partial charge on any atom is 0.341 e. The lowest BCUT2D eigenvalue weighted by molar-refractivity contribution is -0.143. The number of rotatable bonds is 5. The zero-order chi connectivity index (χ0) is 17.9. The van der Waals surface area contributed by atoms with E-state index in [0.29, 0.717) is 0 Å². The van der Waals surface area contributed by atoms with Crippen LogP contribution in [-0.2, 0) is 9.53 Å². The van der Waals surface area contributed by atoms with Crippen LogP contribution in [0.1, 0.15) is 45.0 Å². The third kappa shape index (κ3) is 4.75. The van der Waals surface area contributed by atoms with E-state index in [4.69, 9.17) is 33.7 Å². The van der Waals surface area contributed by atoms with E-state index >= 15 is 0 Å². The molecule has 0 radical (unpaired) electrons. The number of hydrogen-bond acceptors (Lipinski definition) is 4. The van der Waals surface area contributed by atoms with Crippen molar-refractivity contribution < 1.29 is 14.3 Å². The van der Waals surface area contributed by atoms with Crippen LogP contribution in [0.4, 0.5) is 5.69 Å². The first-order valence-electron chi connectivity index (χ1n) is 7.33. The maximum absolute atomic E-state index is 12.5. The van der Waals surface area contributed by atoms with E-state index in [1.165, 1.54) is 19.1 Å². The highest BCUT2D eigenvalue weighted by Crippen LogP contribution is 2.28. The molecule has 0 aliphatic heterocycles. The smallest absolute Gasteiger partial charge is 0.341 e. The number of esters is 1. The SMILES string of the molecule is CC(OC(=O)c1cc(Cl)cc(Cl)c1N)C(=O)N(C(C)C)C(C)C. The summed E-state index contributed by atoms with van der Waals surface area (Å²) >= 11 is 11.8. The number of anilines is 1. The summed E-state index contributed by atoms with van der Waals surface area (Å²) in [5, 5.41) is 0.426. The Morgan fingerprint density at radius 2 is 1.61 bits per heavy atom. The van der Waals surface area contributed by atoms with Gasteiger partial charge in [0.15, 0.2) is 6.10 Å². The molecule has 128 valence electrons. The van der Waals surface area contributed by atoms with Crippen LogP contribution in [0.2, 0.25) is 10.0 Å². The monoisotopic (exact) mass is 360 g/mol. The van der Waals surface area contributed by atoms with Crippen molar-refractivity contribution in [2.75, 3.05) is 5.73 Å². The van der Waals surface area contributed by atoms with Crippen LogP contribution < -0.4 is 5.73 Å². The Morgan fingerprint density at radius 3 is 2.09 bits per heavy atom. The van der Waals surface area contributed by atoms with E-state index in [9.17, 15) is 9.59 Å². The molecule has 0 saturated heterocycles. The van der Waals surface area contributed by atoms with Crippen LogP contribution in [0.3, 0.4) is 0 Å². The summed E-state index contributed by atoms with van der Waals surface area (Å²) in [6, 6.07) is 2.79. The second-order valence-corrected chi connectivity index (χ2v) is 6.67. The van der Waals surface area contributed by atoms with E-state index in [1.54, 1.807) is 4.90 Å². The minimum absolute atomic E-state index is 0.00524.